The predicted molar refractivity (Wildman–Crippen MR) is 76.2 cm³/mol. The van der Waals surface area contributed by atoms with Crippen LogP contribution < -0.4 is 16.0 Å². The number of hydrogen-bond acceptors (Lipinski definition) is 4. The SMILES string of the molecule is CN=C(N)NCc1csc(N(C)C)n1.I. The molecule has 5 nitrogen and oxygen atoms in total. The van der Waals surface area contributed by atoms with E-state index >= 15 is 0 Å². The van der Waals surface area contributed by atoms with Gasteiger partial charge in [-0.25, -0.2) is 4.98 Å². The second-order valence-corrected chi connectivity index (χ2v) is 3.81. The third-order valence-electron chi connectivity index (χ3n) is 1.61. The molecule has 0 fully saturated rings. The molecule has 0 atom stereocenters. The number of anilines is 1. The van der Waals surface area contributed by atoms with E-state index in [1.807, 2.05) is 24.4 Å². The largest absolute Gasteiger partial charge is 0.370 e. The monoisotopic (exact) mass is 341 g/mol. The minimum atomic E-state index is 0. The first kappa shape index (κ1) is 14.4. The van der Waals surface area contributed by atoms with Crippen molar-refractivity contribution in [3.63, 3.8) is 0 Å². The Morgan fingerprint density at radius 2 is 2.33 bits per heavy atom. The van der Waals surface area contributed by atoms with Gasteiger partial charge in [0.25, 0.3) is 0 Å². The minimum absolute atomic E-state index is 0. The first-order valence-electron chi connectivity index (χ1n) is 4.21. The molecular weight excluding hydrogens is 325 g/mol. The Morgan fingerprint density at radius 3 is 2.80 bits per heavy atom. The van der Waals surface area contributed by atoms with Crippen LogP contribution in [0.2, 0.25) is 0 Å². The summed E-state index contributed by atoms with van der Waals surface area (Å²) in [4.78, 5) is 10.2. The van der Waals surface area contributed by atoms with Crippen LogP contribution >= 0.6 is 35.3 Å². The summed E-state index contributed by atoms with van der Waals surface area (Å²) in [6.07, 6.45) is 0. The molecule has 0 aliphatic rings. The highest BCUT2D eigenvalue weighted by Crippen LogP contribution is 2.17. The summed E-state index contributed by atoms with van der Waals surface area (Å²) in [7, 11) is 5.59. The van der Waals surface area contributed by atoms with Crippen LogP contribution in [0.5, 0.6) is 0 Å². The van der Waals surface area contributed by atoms with Crippen LogP contribution in [0.15, 0.2) is 10.4 Å². The van der Waals surface area contributed by atoms with Gasteiger partial charge >= 0.3 is 0 Å². The second-order valence-electron chi connectivity index (χ2n) is 2.98. The van der Waals surface area contributed by atoms with E-state index in [0.717, 1.165) is 10.8 Å². The Labute approximate surface area is 111 Å². The van der Waals surface area contributed by atoms with Crippen LogP contribution in [0.1, 0.15) is 5.69 Å². The van der Waals surface area contributed by atoms with Gasteiger partial charge < -0.3 is 16.0 Å². The quantitative estimate of drug-likeness (QED) is 0.486. The van der Waals surface area contributed by atoms with Crippen molar-refractivity contribution in [1.82, 2.24) is 10.3 Å². The van der Waals surface area contributed by atoms with Crippen molar-refractivity contribution in [2.75, 3.05) is 26.0 Å². The van der Waals surface area contributed by atoms with Crippen LogP contribution in [0.25, 0.3) is 0 Å². The van der Waals surface area contributed by atoms with Crippen molar-refractivity contribution in [2.45, 2.75) is 6.54 Å². The molecule has 0 saturated carbocycles. The second kappa shape index (κ2) is 6.83. The first-order valence-corrected chi connectivity index (χ1v) is 5.09. The molecule has 0 spiro atoms. The van der Waals surface area contributed by atoms with Gasteiger partial charge in [0.15, 0.2) is 11.1 Å². The predicted octanol–water partition coefficient (Wildman–Crippen LogP) is 0.861. The normalized spacial score (nSPS) is 10.7. The molecular formula is C8H16IN5S. The standard InChI is InChI=1S/C8H15N5S.HI/c1-10-7(9)11-4-6-5-14-8(12-6)13(2)3;/h5H,4H2,1-3H3,(H3,9,10,11);1H. The summed E-state index contributed by atoms with van der Waals surface area (Å²) in [5.41, 5.74) is 6.47. The zero-order valence-corrected chi connectivity index (χ0v) is 12.2. The number of nitrogens with two attached hydrogens (primary N) is 1. The Hall–Kier alpha value is -0.570. The molecule has 1 rings (SSSR count). The van der Waals surface area contributed by atoms with Gasteiger partial charge in [-0.1, -0.05) is 0 Å². The number of thiazole rings is 1. The fourth-order valence-electron chi connectivity index (χ4n) is 0.843. The third-order valence-corrected chi connectivity index (χ3v) is 2.67. The topological polar surface area (TPSA) is 66.5 Å². The molecule has 0 amide bonds. The maximum absolute atomic E-state index is 5.49. The van der Waals surface area contributed by atoms with Gasteiger partial charge in [0.2, 0.25) is 0 Å². The average molecular weight is 341 g/mol. The molecule has 1 aromatic heterocycles. The van der Waals surface area contributed by atoms with Crippen LogP contribution in [-0.2, 0) is 6.54 Å². The first-order chi connectivity index (χ1) is 6.63. The van der Waals surface area contributed by atoms with Crippen LogP contribution in [-0.4, -0.2) is 32.1 Å². The summed E-state index contributed by atoms with van der Waals surface area (Å²) in [6, 6.07) is 0. The van der Waals surface area contributed by atoms with Gasteiger partial charge in [0, 0.05) is 26.5 Å². The van der Waals surface area contributed by atoms with E-state index < -0.39 is 0 Å². The van der Waals surface area contributed by atoms with Crippen molar-refractivity contribution in [3.05, 3.63) is 11.1 Å². The molecule has 0 unspecified atom stereocenters. The van der Waals surface area contributed by atoms with E-state index in [1.54, 1.807) is 18.4 Å². The third kappa shape index (κ3) is 4.65. The number of nitrogens with one attached hydrogen (secondary N) is 1. The summed E-state index contributed by atoms with van der Waals surface area (Å²) in [5.74, 6) is 0.435. The molecule has 1 aromatic rings. The number of rotatable bonds is 3. The van der Waals surface area contributed by atoms with Crippen molar-refractivity contribution >= 4 is 46.4 Å². The number of aliphatic imine (C=N–C) groups is 1. The van der Waals surface area contributed by atoms with Crippen molar-refractivity contribution in [2.24, 2.45) is 10.7 Å². The number of guanidine groups is 1. The van der Waals surface area contributed by atoms with Gasteiger partial charge in [-0.3, -0.25) is 4.99 Å². The van der Waals surface area contributed by atoms with Gasteiger partial charge in [-0.05, 0) is 0 Å². The summed E-state index contributed by atoms with van der Waals surface area (Å²) in [5, 5.41) is 5.95. The smallest absolute Gasteiger partial charge is 0.188 e. The van der Waals surface area contributed by atoms with Gasteiger partial charge in [-0.2, -0.15) is 0 Å². The van der Waals surface area contributed by atoms with Gasteiger partial charge in [0.05, 0.1) is 12.2 Å². The number of halogens is 1. The lowest BCUT2D eigenvalue weighted by Gasteiger charge is -2.05. The van der Waals surface area contributed by atoms with Gasteiger partial charge in [0.1, 0.15) is 0 Å². The van der Waals surface area contributed by atoms with Crippen molar-refractivity contribution in [1.29, 1.82) is 0 Å². The van der Waals surface area contributed by atoms with E-state index in [2.05, 4.69) is 15.3 Å². The lowest BCUT2D eigenvalue weighted by atomic mass is 10.5. The molecule has 0 bridgehead atoms. The summed E-state index contributed by atoms with van der Waals surface area (Å²) in [6.45, 7) is 0.619. The van der Waals surface area contributed by atoms with E-state index in [-0.39, 0.29) is 24.0 Å². The van der Waals surface area contributed by atoms with Crippen molar-refractivity contribution < 1.29 is 0 Å². The van der Waals surface area contributed by atoms with Gasteiger partial charge in [-0.15, -0.1) is 35.3 Å². The lowest BCUT2D eigenvalue weighted by Crippen LogP contribution is -2.30. The molecule has 0 radical (unpaired) electrons. The number of hydrogen-bond donors (Lipinski definition) is 2. The fourth-order valence-corrected chi connectivity index (χ4v) is 1.60. The highest BCUT2D eigenvalue weighted by molar-refractivity contribution is 14.0. The van der Waals surface area contributed by atoms with Crippen LogP contribution in [0, 0.1) is 0 Å². The van der Waals surface area contributed by atoms with Crippen LogP contribution in [0.3, 0.4) is 0 Å². The zero-order chi connectivity index (χ0) is 10.6. The molecule has 0 aliphatic carbocycles. The number of nitrogens with zero attached hydrogens (tertiary/aromatic N) is 3. The van der Waals surface area contributed by atoms with Crippen molar-refractivity contribution in [3.8, 4) is 0 Å². The zero-order valence-electron chi connectivity index (χ0n) is 9.02. The molecule has 3 N–H and O–H groups in total. The number of aromatic nitrogens is 1. The maximum atomic E-state index is 5.49. The van der Waals surface area contributed by atoms with E-state index in [4.69, 9.17) is 5.73 Å². The molecule has 7 heteroatoms. The average Bonchev–Trinajstić information content (AvgIpc) is 2.62. The van der Waals surface area contributed by atoms with Crippen LogP contribution in [0.4, 0.5) is 5.13 Å². The maximum Gasteiger partial charge on any atom is 0.188 e. The van der Waals surface area contributed by atoms with E-state index in [1.165, 1.54) is 0 Å². The van der Waals surface area contributed by atoms with E-state index in [9.17, 15) is 0 Å². The fraction of sp³-hybridized carbons (Fsp3) is 0.500. The Balaban J connectivity index is 0.00000196. The molecule has 1 heterocycles. The minimum Gasteiger partial charge on any atom is -0.370 e. The summed E-state index contributed by atoms with van der Waals surface area (Å²) >= 11 is 1.61. The highest BCUT2D eigenvalue weighted by Gasteiger charge is 2.02. The lowest BCUT2D eigenvalue weighted by molar-refractivity contribution is 0.869. The molecule has 0 aromatic carbocycles. The Kier molecular flexibility index (Phi) is 6.57. The van der Waals surface area contributed by atoms with E-state index in [0.29, 0.717) is 12.5 Å². The Bertz CT molecular complexity index is 323. The molecule has 0 saturated heterocycles. The Morgan fingerprint density at radius 1 is 1.67 bits per heavy atom. The molecule has 0 aliphatic heterocycles. The molecule has 86 valence electrons. The summed E-state index contributed by atoms with van der Waals surface area (Å²) < 4.78 is 0. The highest BCUT2D eigenvalue weighted by atomic mass is 127. The molecule has 15 heavy (non-hydrogen) atoms.